The minimum absolute atomic E-state index is 0.118. The molecule has 0 fully saturated rings. The smallest absolute Gasteiger partial charge is 0.240 e. The van der Waals surface area contributed by atoms with Gasteiger partial charge in [-0.3, -0.25) is 0 Å². The van der Waals surface area contributed by atoms with Crippen LogP contribution in [-0.2, 0) is 16.4 Å². The zero-order valence-electron chi connectivity index (χ0n) is 10.6. The van der Waals surface area contributed by atoms with Gasteiger partial charge in [0.25, 0.3) is 0 Å². The van der Waals surface area contributed by atoms with Crippen molar-refractivity contribution in [3.05, 3.63) is 23.8 Å². The number of benzene rings is 1. The van der Waals surface area contributed by atoms with Crippen molar-refractivity contribution in [2.24, 2.45) is 0 Å². The maximum atomic E-state index is 12.0. The highest BCUT2D eigenvalue weighted by Gasteiger charge is 2.16. The van der Waals surface area contributed by atoms with Crippen LogP contribution < -0.4 is 9.46 Å². The molecule has 4 nitrogen and oxygen atoms in total. The van der Waals surface area contributed by atoms with Crippen LogP contribution in [0.2, 0.25) is 0 Å². The standard InChI is InChI=1S/C12H19NO3S/c1-5-10-8-11(6-7-12(10)16-4)17(14,15)13-9(2)3/h6-9,13H,5H2,1-4H3. The van der Waals surface area contributed by atoms with E-state index in [4.69, 9.17) is 4.74 Å². The molecule has 1 N–H and O–H groups in total. The van der Waals surface area contributed by atoms with Crippen molar-refractivity contribution in [2.45, 2.75) is 38.1 Å². The number of rotatable bonds is 5. The van der Waals surface area contributed by atoms with Crippen LogP contribution in [0.1, 0.15) is 26.3 Å². The summed E-state index contributed by atoms with van der Waals surface area (Å²) < 4.78 is 31.6. The first-order valence-corrected chi connectivity index (χ1v) is 7.08. The van der Waals surface area contributed by atoms with Crippen LogP contribution in [0.3, 0.4) is 0 Å². The maximum absolute atomic E-state index is 12.0. The van der Waals surface area contributed by atoms with Gasteiger partial charge in [-0.2, -0.15) is 0 Å². The summed E-state index contributed by atoms with van der Waals surface area (Å²) in [5.41, 5.74) is 0.888. The molecule has 5 heteroatoms. The molecule has 0 heterocycles. The van der Waals surface area contributed by atoms with Gasteiger partial charge in [-0.15, -0.1) is 0 Å². The lowest BCUT2D eigenvalue weighted by molar-refractivity contribution is 0.409. The first-order valence-electron chi connectivity index (χ1n) is 5.60. The van der Waals surface area contributed by atoms with Gasteiger partial charge in [0.2, 0.25) is 10.0 Å². The lowest BCUT2D eigenvalue weighted by Gasteiger charge is -2.12. The Morgan fingerprint density at radius 3 is 2.47 bits per heavy atom. The van der Waals surface area contributed by atoms with Gasteiger partial charge in [0, 0.05) is 6.04 Å². The van der Waals surface area contributed by atoms with Crippen molar-refractivity contribution in [1.82, 2.24) is 4.72 Å². The topological polar surface area (TPSA) is 55.4 Å². The van der Waals surface area contributed by atoms with Crippen molar-refractivity contribution in [2.75, 3.05) is 7.11 Å². The van der Waals surface area contributed by atoms with Gasteiger partial charge in [0.1, 0.15) is 5.75 Å². The number of sulfonamides is 1. The van der Waals surface area contributed by atoms with Crippen molar-refractivity contribution in [3.63, 3.8) is 0 Å². The molecule has 0 saturated heterocycles. The lowest BCUT2D eigenvalue weighted by Crippen LogP contribution is -2.30. The van der Waals surface area contributed by atoms with Crippen LogP contribution in [0.15, 0.2) is 23.1 Å². The van der Waals surface area contributed by atoms with Crippen LogP contribution in [0.5, 0.6) is 5.75 Å². The number of aryl methyl sites for hydroxylation is 1. The molecule has 0 atom stereocenters. The molecule has 0 aromatic heterocycles. The van der Waals surface area contributed by atoms with Crippen LogP contribution in [0, 0.1) is 0 Å². The van der Waals surface area contributed by atoms with E-state index in [0.717, 1.165) is 17.7 Å². The highest BCUT2D eigenvalue weighted by atomic mass is 32.2. The van der Waals surface area contributed by atoms with E-state index in [1.165, 1.54) is 0 Å². The number of hydrogen-bond donors (Lipinski definition) is 1. The molecule has 0 aliphatic rings. The second-order valence-electron chi connectivity index (χ2n) is 4.10. The highest BCUT2D eigenvalue weighted by Crippen LogP contribution is 2.22. The Kier molecular flexibility index (Phi) is 4.54. The molecule has 96 valence electrons. The molecule has 0 aliphatic heterocycles. The minimum Gasteiger partial charge on any atom is -0.496 e. The number of ether oxygens (including phenoxy) is 1. The predicted molar refractivity (Wildman–Crippen MR) is 67.8 cm³/mol. The molecule has 17 heavy (non-hydrogen) atoms. The fourth-order valence-corrected chi connectivity index (χ4v) is 2.88. The molecule has 0 radical (unpaired) electrons. The summed E-state index contributed by atoms with van der Waals surface area (Å²) in [6, 6.07) is 4.78. The second-order valence-corrected chi connectivity index (χ2v) is 5.82. The molecule has 0 aliphatic carbocycles. The van der Waals surface area contributed by atoms with Gasteiger partial charge in [-0.1, -0.05) is 6.92 Å². The molecule has 0 unspecified atom stereocenters. The summed E-state index contributed by atoms with van der Waals surface area (Å²) in [7, 11) is -1.84. The van der Waals surface area contributed by atoms with E-state index >= 15 is 0 Å². The SMILES string of the molecule is CCc1cc(S(=O)(=O)NC(C)C)ccc1OC. The Morgan fingerprint density at radius 1 is 1.35 bits per heavy atom. The third-order valence-electron chi connectivity index (χ3n) is 2.33. The van der Waals surface area contributed by atoms with Gasteiger partial charge < -0.3 is 4.74 Å². The Balaban J connectivity index is 3.16. The number of hydrogen-bond acceptors (Lipinski definition) is 3. The molecule has 1 rings (SSSR count). The van der Waals surface area contributed by atoms with Gasteiger partial charge in [0.15, 0.2) is 0 Å². The largest absolute Gasteiger partial charge is 0.496 e. The first-order chi connectivity index (χ1) is 7.90. The number of nitrogens with one attached hydrogen (secondary N) is 1. The third-order valence-corrected chi connectivity index (χ3v) is 3.99. The predicted octanol–water partition coefficient (Wildman–Crippen LogP) is 1.94. The fourth-order valence-electron chi connectivity index (χ4n) is 1.58. The Morgan fingerprint density at radius 2 is 2.00 bits per heavy atom. The van der Waals surface area contributed by atoms with E-state index in [1.54, 1.807) is 39.2 Å². The Labute approximate surface area is 103 Å². The summed E-state index contributed by atoms with van der Waals surface area (Å²) in [4.78, 5) is 0.281. The average Bonchev–Trinajstić information content (AvgIpc) is 2.26. The van der Waals surface area contributed by atoms with Gasteiger partial charge in [0.05, 0.1) is 12.0 Å². The Bertz CT molecular complexity index is 481. The highest BCUT2D eigenvalue weighted by molar-refractivity contribution is 7.89. The summed E-state index contributed by atoms with van der Waals surface area (Å²) >= 11 is 0. The zero-order valence-corrected chi connectivity index (χ0v) is 11.5. The average molecular weight is 257 g/mol. The molecular weight excluding hydrogens is 238 g/mol. The summed E-state index contributed by atoms with van der Waals surface area (Å²) in [5, 5.41) is 0. The second kappa shape index (κ2) is 5.51. The van der Waals surface area contributed by atoms with E-state index in [-0.39, 0.29) is 10.9 Å². The summed E-state index contributed by atoms with van der Waals surface area (Å²) in [5.74, 6) is 0.719. The number of methoxy groups -OCH3 is 1. The monoisotopic (exact) mass is 257 g/mol. The van der Waals surface area contributed by atoms with E-state index in [9.17, 15) is 8.42 Å². The van der Waals surface area contributed by atoms with E-state index < -0.39 is 10.0 Å². The summed E-state index contributed by atoms with van der Waals surface area (Å²) in [6.07, 6.45) is 0.730. The van der Waals surface area contributed by atoms with Crippen molar-refractivity contribution >= 4 is 10.0 Å². The molecule has 0 bridgehead atoms. The molecule has 1 aromatic rings. The van der Waals surface area contributed by atoms with Crippen LogP contribution in [0.25, 0.3) is 0 Å². The zero-order chi connectivity index (χ0) is 13.1. The van der Waals surface area contributed by atoms with E-state index in [2.05, 4.69) is 4.72 Å². The molecular formula is C12H19NO3S. The van der Waals surface area contributed by atoms with Crippen LogP contribution in [0.4, 0.5) is 0 Å². The van der Waals surface area contributed by atoms with Gasteiger partial charge >= 0.3 is 0 Å². The van der Waals surface area contributed by atoms with Crippen molar-refractivity contribution < 1.29 is 13.2 Å². The first kappa shape index (κ1) is 14.0. The molecule has 0 amide bonds. The van der Waals surface area contributed by atoms with Crippen LogP contribution >= 0.6 is 0 Å². The minimum atomic E-state index is -3.42. The maximum Gasteiger partial charge on any atom is 0.240 e. The van der Waals surface area contributed by atoms with E-state index in [1.807, 2.05) is 6.92 Å². The van der Waals surface area contributed by atoms with Gasteiger partial charge in [-0.05, 0) is 44.0 Å². The van der Waals surface area contributed by atoms with Crippen molar-refractivity contribution in [1.29, 1.82) is 0 Å². The lowest BCUT2D eigenvalue weighted by atomic mass is 10.1. The third kappa shape index (κ3) is 3.44. The molecule has 0 spiro atoms. The van der Waals surface area contributed by atoms with Crippen molar-refractivity contribution in [3.8, 4) is 5.75 Å². The van der Waals surface area contributed by atoms with Gasteiger partial charge in [-0.25, -0.2) is 13.1 Å². The van der Waals surface area contributed by atoms with E-state index in [0.29, 0.717) is 0 Å². The molecule has 0 saturated carbocycles. The molecule has 1 aromatic carbocycles. The fraction of sp³-hybridized carbons (Fsp3) is 0.500. The quantitative estimate of drug-likeness (QED) is 0.877. The normalized spacial score (nSPS) is 11.8. The Hall–Kier alpha value is -1.07. The van der Waals surface area contributed by atoms with Crippen LogP contribution in [-0.4, -0.2) is 21.6 Å². The summed E-state index contributed by atoms with van der Waals surface area (Å²) in [6.45, 7) is 5.55.